The monoisotopic (exact) mass is 604 g/mol. The normalized spacial score (nSPS) is 38.3. The van der Waals surface area contributed by atoms with Crippen molar-refractivity contribution in [3.05, 3.63) is 125 Å². The molecule has 0 aromatic heterocycles. The lowest BCUT2D eigenvalue weighted by atomic mass is 9.40. The summed E-state index contributed by atoms with van der Waals surface area (Å²) in [6.07, 6.45) is 13.9. The molecule has 234 valence electrons. The molecule has 4 aromatic rings. The van der Waals surface area contributed by atoms with Crippen LogP contribution in [0.25, 0.3) is 0 Å². The fourth-order valence-electron chi connectivity index (χ4n) is 13.5. The third kappa shape index (κ3) is 3.76. The van der Waals surface area contributed by atoms with Crippen LogP contribution < -0.4 is 11.1 Å². The van der Waals surface area contributed by atoms with Crippen molar-refractivity contribution >= 4 is 17.1 Å². The van der Waals surface area contributed by atoms with Crippen LogP contribution in [0.3, 0.4) is 0 Å². The molecule has 3 N–H and O–H groups in total. The molecule has 8 aliphatic carbocycles. The van der Waals surface area contributed by atoms with Crippen LogP contribution in [-0.4, -0.2) is 0 Å². The summed E-state index contributed by atoms with van der Waals surface area (Å²) in [6, 6.07) is 39.6. The molecule has 8 aliphatic rings. The van der Waals surface area contributed by atoms with Crippen molar-refractivity contribution in [2.45, 2.75) is 75.0 Å². The maximum atomic E-state index is 6.78. The Morgan fingerprint density at radius 1 is 0.435 bits per heavy atom. The zero-order valence-corrected chi connectivity index (χ0v) is 27.1. The first kappa shape index (κ1) is 27.6. The van der Waals surface area contributed by atoms with Crippen molar-refractivity contribution in [3.8, 4) is 0 Å². The number of nitrogens with two attached hydrogens (primary N) is 1. The van der Waals surface area contributed by atoms with E-state index in [2.05, 4.69) is 108 Å². The molecule has 8 fully saturated rings. The number of hydrogen-bond acceptors (Lipinski definition) is 2. The first-order valence-corrected chi connectivity index (χ1v) is 18.5. The molecular weight excluding hydrogens is 556 g/mol. The summed E-state index contributed by atoms with van der Waals surface area (Å²) in [5, 5.41) is 4.19. The Bertz CT molecular complexity index is 1600. The summed E-state index contributed by atoms with van der Waals surface area (Å²) >= 11 is 0. The van der Waals surface area contributed by atoms with E-state index >= 15 is 0 Å². The fourth-order valence-corrected chi connectivity index (χ4v) is 13.5. The third-order valence-electron chi connectivity index (χ3n) is 14.5. The van der Waals surface area contributed by atoms with Gasteiger partial charge in [0.05, 0.1) is 11.4 Å². The van der Waals surface area contributed by atoms with E-state index in [1.165, 1.54) is 69.9 Å². The van der Waals surface area contributed by atoms with Crippen molar-refractivity contribution < 1.29 is 0 Å². The second-order valence-corrected chi connectivity index (χ2v) is 16.5. The van der Waals surface area contributed by atoms with Crippen molar-refractivity contribution in [1.29, 1.82) is 0 Å². The van der Waals surface area contributed by atoms with Gasteiger partial charge in [0, 0.05) is 16.5 Å². The molecule has 12 rings (SSSR count). The second-order valence-electron chi connectivity index (χ2n) is 16.5. The van der Waals surface area contributed by atoms with E-state index < -0.39 is 0 Å². The quantitative estimate of drug-likeness (QED) is 0.215. The number of nitrogen functional groups attached to an aromatic ring is 1. The Hall–Kier alpha value is -3.52. The molecule has 0 aliphatic heterocycles. The van der Waals surface area contributed by atoms with Crippen LogP contribution in [0.5, 0.6) is 0 Å². The standard InChI is InChI=1S/C44H48N2/c45-40-16-7-8-17-41(40)46-42-38(43(32-10-3-1-4-11-32)34-20-28-18-29(22-34)23-35(43)21-28)14-9-15-39(42)44(33-12-5-2-6-13-33)36-24-30-19-31(26-36)27-37(44)25-30/h1-17,28-31,34-37,46H,18-27,45H2. The summed E-state index contributed by atoms with van der Waals surface area (Å²) in [4.78, 5) is 0. The summed E-state index contributed by atoms with van der Waals surface area (Å²) < 4.78 is 0. The van der Waals surface area contributed by atoms with Crippen LogP contribution in [0.1, 0.15) is 86.5 Å². The van der Waals surface area contributed by atoms with Gasteiger partial charge >= 0.3 is 0 Å². The molecule has 4 aromatic carbocycles. The molecule has 2 nitrogen and oxygen atoms in total. The number of benzene rings is 4. The van der Waals surface area contributed by atoms with Gasteiger partial charge in [-0.15, -0.1) is 0 Å². The Balaban J connectivity index is 1.28. The highest BCUT2D eigenvalue weighted by molar-refractivity contribution is 5.79. The van der Waals surface area contributed by atoms with Gasteiger partial charge in [0.2, 0.25) is 0 Å². The minimum absolute atomic E-state index is 0.0142. The lowest BCUT2D eigenvalue weighted by Crippen LogP contribution is -2.57. The average molecular weight is 605 g/mol. The molecule has 0 amide bonds. The van der Waals surface area contributed by atoms with Gasteiger partial charge in [0.1, 0.15) is 0 Å². The van der Waals surface area contributed by atoms with E-state index in [4.69, 9.17) is 5.73 Å². The Morgan fingerprint density at radius 3 is 1.24 bits per heavy atom. The van der Waals surface area contributed by atoms with Crippen LogP contribution in [0.2, 0.25) is 0 Å². The predicted octanol–water partition coefficient (Wildman–Crippen LogP) is 10.5. The molecule has 0 saturated heterocycles. The largest absolute Gasteiger partial charge is 0.397 e. The highest BCUT2D eigenvalue weighted by atomic mass is 14.9. The number of hydrogen-bond donors (Lipinski definition) is 2. The Labute approximate surface area is 275 Å². The zero-order chi connectivity index (χ0) is 30.5. The minimum atomic E-state index is 0.0142. The van der Waals surface area contributed by atoms with E-state index in [0.29, 0.717) is 23.7 Å². The number of rotatable bonds is 6. The molecule has 0 unspecified atom stereocenters. The van der Waals surface area contributed by atoms with Gasteiger partial charge < -0.3 is 11.1 Å². The van der Waals surface area contributed by atoms with Gasteiger partial charge in [-0.05, 0) is 146 Å². The molecule has 2 heteroatoms. The average Bonchev–Trinajstić information content (AvgIpc) is 3.07. The minimum Gasteiger partial charge on any atom is -0.397 e. The molecule has 8 saturated carbocycles. The fraction of sp³-hybridized carbons (Fsp3) is 0.455. The topological polar surface area (TPSA) is 38.0 Å². The predicted molar refractivity (Wildman–Crippen MR) is 189 cm³/mol. The van der Waals surface area contributed by atoms with Crippen molar-refractivity contribution in [3.63, 3.8) is 0 Å². The molecule has 46 heavy (non-hydrogen) atoms. The number of para-hydroxylation sites is 3. The van der Waals surface area contributed by atoms with E-state index in [1.807, 2.05) is 0 Å². The highest BCUT2D eigenvalue weighted by Gasteiger charge is 2.62. The van der Waals surface area contributed by atoms with Gasteiger partial charge in [-0.3, -0.25) is 0 Å². The van der Waals surface area contributed by atoms with Gasteiger partial charge in [-0.2, -0.15) is 0 Å². The van der Waals surface area contributed by atoms with E-state index in [-0.39, 0.29) is 10.8 Å². The molecule has 8 bridgehead atoms. The molecular formula is C44H48N2. The van der Waals surface area contributed by atoms with E-state index in [0.717, 1.165) is 35.0 Å². The lowest BCUT2D eigenvalue weighted by molar-refractivity contribution is -0.0441. The summed E-state index contributed by atoms with van der Waals surface area (Å²) in [5.74, 6) is 6.35. The number of nitrogens with one attached hydrogen (secondary N) is 1. The Kier molecular flexibility index (Phi) is 6.14. The maximum absolute atomic E-state index is 6.78. The van der Waals surface area contributed by atoms with Crippen molar-refractivity contribution in [2.24, 2.45) is 47.3 Å². The molecule has 0 spiro atoms. The van der Waals surface area contributed by atoms with Gasteiger partial charge in [-0.25, -0.2) is 0 Å². The second kappa shape index (κ2) is 10.2. The SMILES string of the molecule is Nc1ccccc1Nc1c(C2(c3ccccc3)C3CC4CC(C3)CC2C4)cccc1C1(c2ccccc2)C2CC3CC(C2)CC1C3. The van der Waals surface area contributed by atoms with Gasteiger partial charge in [0.25, 0.3) is 0 Å². The Morgan fingerprint density at radius 2 is 0.826 bits per heavy atom. The molecule has 0 atom stereocenters. The smallest absolute Gasteiger partial charge is 0.0618 e. The van der Waals surface area contributed by atoms with Crippen LogP contribution in [-0.2, 0) is 10.8 Å². The van der Waals surface area contributed by atoms with E-state index in [9.17, 15) is 0 Å². The zero-order valence-electron chi connectivity index (χ0n) is 27.1. The van der Waals surface area contributed by atoms with Gasteiger partial charge in [0.15, 0.2) is 0 Å². The van der Waals surface area contributed by atoms with Crippen molar-refractivity contribution in [1.82, 2.24) is 0 Å². The molecule has 0 radical (unpaired) electrons. The summed E-state index contributed by atoms with van der Waals surface area (Å²) in [6.45, 7) is 0. The van der Waals surface area contributed by atoms with E-state index in [1.54, 1.807) is 22.3 Å². The molecule has 0 heterocycles. The highest BCUT2D eigenvalue weighted by Crippen LogP contribution is 2.69. The summed E-state index contributed by atoms with van der Waals surface area (Å²) in [5.41, 5.74) is 16.3. The van der Waals surface area contributed by atoms with Crippen molar-refractivity contribution in [2.75, 3.05) is 11.1 Å². The van der Waals surface area contributed by atoms with Crippen LogP contribution >= 0.6 is 0 Å². The van der Waals surface area contributed by atoms with Crippen LogP contribution in [0.4, 0.5) is 17.1 Å². The number of anilines is 3. The summed E-state index contributed by atoms with van der Waals surface area (Å²) in [7, 11) is 0. The third-order valence-corrected chi connectivity index (χ3v) is 14.5. The van der Waals surface area contributed by atoms with Gasteiger partial charge in [-0.1, -0.05) is 91.0 Å². The first-order chi connectivity index (χ1) is 22.6. The van der Waals surface area contributed by atoms with Crippen LogP contribution in [0.15, 0.2) is 103 Å². The maximum Gasteiger partial charge on any atom is 0.0618 e. The lowest BCUT2D eigenvalue weighted by Gasteiger charge is -2.64. The van der Waals surface area contributed by atoms with Crippen LogP contribution in [0, 0.1) is 47.3 Å². The first-order valence-electron chi connectivity index (χ1n) is 18.5.